The first-order valence-corrected chi connectivity index (χ1v) is 6.73. The molecule has 2 rings (SSSR count). The Morgan fingerprint density at radius 3 is 2.82 bits per heavy atom. The molecule has 2 N–H and O–H groups in total. The zero-order chi connectivity index (χ0) is 12.4. The molecule has 0 radical (unpaired) electrons. The molecule has 4 nitrogen and oxygen atoms in total. The van der Waals surface area contributed by atoms with Gasteiger partial charge in [-0.3, -0.25) is 9.69 Å². The first-order chi connectivity index (χ1) is 8.13. The second-order valence-corrected chi connectivity index (χ2v) is 5.45. The van der Waals surface area contributed by atoms with E-state index in [0.717, 1.165) is 13.1 Å². The number of nitrogens with two attached hydrogens (primary N) is 1. The van der Waals surface area contributed by atoms with Crippen LogP contribution in [0.25, 0.3) is 0 Å². The standard InChI is InChI=1S/C12H19N3OS/c1-9-3-6-17-12(9)10(7-13)15-5-4-14(2)11(16)8-15/h3,6,10H,4-5,7-8,13H2,1-2H3. The number of rotatable bonds is 3. The lowest BCUT2D eigenvalue weighted by Gasteiger charge is -2.36. The van der Waals surface area contributed by atoms with Crippen molar-refractivity contribution in [3.8, 4) is 0 Å². The summed E-state index contributed by atoms with van der Waals surface area (Å²) in [5, 5.41) is 2.09. The average Bonchev–Trinajstić information content (AvgIpc) is 2.71. The van der Waals surface area contributed by atoms with Crippen molar-refractivity contribution in [3.05, 3.63) is 21.9 Å². The number of thiophene rings is 1. The van der Waals surface area contributed by atoms with Crippen LogP contribution in [0.4, 0.5) is 0 Å². The molecule has 2 heterocycles. The zero-order valence-electron chi connectivity index (χ0n) is 10.3. The van der Waals surface area contributed by atoms with Gasteiger partial charge in [0, 0.05) is 31.6 Å². The fraction of sp³-hybridized carbons (Fsp3) is 0.583. The molecule has 0 aliphatic carbocycles. The molecule has 0 aromatic carbocycles. The molecule has 0 bridgehead atoms. The second kappa shape index (κ2) is 5.16. The van der Waals surface area contributed by atoms with Crippen LogP contribution in [0.3, 0.4) is 0 Å². The van der Waals surface area contributed by atoms with Gasteiger partial charge in [0.1, 0.15) is 0 Å². The highest BCUT2D eigenvalue weighted by molar-refractivity contribution is 7.10. The summed E-state index contributed by atoms with van der Waals surface area (Å²) in [5.41, 5.74) is 7.16. The SMILES string of the molecule is Cc1ccsc1C(CN)N1CCN(C)C(=O)C1. The van der Waals surface area contributed by atoms with E-state index in [4.69, 9.17) is 5.73 Å². The van der Waals surface area contributed by atoms with Gasteiger partial charge in [-0.25, -0.2) is 0 Å². The molecule has 1 unspecified atom stereocenters. The molecule has 1 aliphatic rings. The van der Waals surface area contributed by atoms with Crippen LogP contribution in [-0.4, -0.2) is 48.9 Å². The first kappa shape index (κ1) is 12.5. The van der Waals surface area contributed by atoms with Crippen LogP contribution in [0.1, 0.15) is 16.5 Å². The van der Waals surface area contributed by atoms with Crippen molar-refractivity contribution in [1.82, 2.24) is 9.80 Å². The zero-order valence-corrected chi connectivity index (χ0v) is 11.2. The van der Waals surface area contributed by atoms with E-state index >= 15 is 0 Å². The first-order valence-electron chi connectivity index (χ1n) is 5.85. The summed E-state index contributed by atoms with van der Waals surface area (Å²) in [4.78, 5) is 17.0. The summed E-state index contributed by atoms with van der Waals surface area (Å²) in [6, 6.07) is 2.30. The van der Waals surface area contributed by atoms with Crippen LogP contribution in [0.15, 0.2) is 11.4 Å². The summed E-state index contributed by atoms with van der Waals surface area (Å²) in [6.45, 7) is 4.85. The highest BCUT2D eigenvalue weighted by Crippen LogP contribution is 2.28. The largest absolute Gasteiger partial charge is 0.343 e. The van der Waals surface area contributed by atoms with E-state index in [2.05, 4.69) is 23.3 Å². The molecule has 1 aromatic heterocycles. The third kappa shape index (κ3) is 2.51. The molecular weight excluding hydrogens is 234 g/mol. The molecule has 17 heavy (non-hydrogen) atoms. The normalized spacial score (nSPS) is 19.7. The van der Waals surface area contributed by atoms with Gasteiger partial charge in [-0.1, -0.05) is 0 Å². The molecule has 0 saturated carbocycles. The minimum Gasteiger partial charge on any atom is -0.343 e. The summed E-state index contributed by atoms with van der Waals surface area (Å²) in [7, 11) is 1.85. The van der Waals surface area contributed by atoms with Crippen LogP contribution in [0.5, 0.6) is 0 Å². The predicted molar refractivity (Wildman–Crippen MR) is 70.1 cm³/mol. The van der Waals surface area contributed by atoms with E-state index in [0.29, 0.717) is 13.1 Å². The smallest absolute Gasteiger partial charge is 0.236 e. The van der Waals surface area contributed by atoms with E-state index in [1.165, 1.54) is 10.4 Å². The number of amides is 1. The van der Waals surface area contributed by atoms with E-state index in [-0.39, 0.29) is 11.9 Å². The summed E-state index contributed by atoms with van der Waals surface area (Å²) >= 11 is 1.73. The molecule has 5 heteroatoms. The van der Waals surface area contributed by atoms with E-state index in [1.807, 2.05) is 7.05 Å². The average molecular weight is 253 g/mol. The highest BCUT2D eigenvalue weighted by atomic mass is 32.1. The third-order valence-corrected chi connectivity index (χ3v) is 4.48. The lowest BCUT2D eigenvalue weighted by atomic mass is 10.1. The Morgan fingerprint density at radius 1 is 1.53 bits per heavy atom. The number of likely N-dealkylation sites (N-methyl/N-ethyl adjacent to an activating group) is 1. The molecule has 1 aromatic rings. The van der Waals surface area contributed by atoms with Crippen LogP contribution in [0.2, 0.25) is 0 Å². The van der Waals surface area contributed by atoms with Gasteiger partial charge < -0.3 is 10.6 Å². The third-order valence-electron chi connectivity index (χ3n) is 3.36. The molecule has 1 saturated heterocycles. The van der Waals surface area contributed by atoms with E-state index < -0.39 is 0 Å². The minimum atomic E-state index is 0.184. The second-order valence-electron chi connectivity index (χ2n) is 4.51. The maximum atomic E-state index is 11.7. The topological polar surface area (TPSA) is 49.6 Å². The van der Waals surface area contributed by atoms with Gasteiger partial charge in [-0.15, -0.1) is 11.3 Å². The molecule has 1 fully saturated rings. The van der Waals surface area contributed by atoms with E-state index in [9.17, 15) is 4.79 Å². The Labute approximate surface area is 106 Å². The van der Waals surface area contributed by atoms with E-state index in [1.54, 1.807) is 16.2 Å². The molecule has 1 atom stereocenters. The van der Waals surface area contributed by atoms with Gasteiger partial charge in [0.25, 0.3) is 0 Å². The monoisotopic (exact) mass is 253 g/mol. The molecule has 0 spiro atoms. The van der Waals surface area contributed by atoms with Crippen molar-refractivity contribution in [3.63, 3.8) is 0 Å². The molecule has 1 amide bonds. The fourth-order valence-electron chi connectivity index (χ4n) is 2.19. The van der Waals surface area contributed by atoms with Gasteiger partial charge in [0.15, 0.2) is 0 Å². The summed E-state index contributed by atoms with van der Waals surface area (Å²) in [6.07, 6.45) is 0. The van der Waals surface area contributed by atoms with Gasteiger partial charge >= 0.3 is 0 Å². The van der Waals surface area contributed by atoms with Crippen LogP contribution in [-0.2, 0) is 4.79 Å². The Hall–Kier alpha value is -0.910. The van der Waals surface area contributed by atoms with Gasteiger partial charge in [-0.2, -0.15) is 0 Å². The maximum absolute atomic E-state index is 11.7. The van der Waals surface area contributed by atoms with Crippen LogP contribution >= 0.6 is 11.3 Å². The minimum absolute atomic E-state index is 0.184. The summed E-state index contributed by atoms with van der Waals surface area (Å²) in [5.74, 6) is 0.184. The number of hydrogen-bond acceptors (Lipinski definition) is 4. The fourth-order valence-corrected chi connectivity index (χ4v) is 3.27. The van der Waals surface area contributed by atoms with Crippen LogP contribution in [0, 0.1) is 6.92 Å². The number of nitrogens with zero attached hydrogens (tertiary/aromatic N) is 2. The van der Waals surface area contributed by atoms with Gasteiger partial charge in [0.05, 0.1) is 12.6 Å². The van der Waals surface area contributed by atoms with Crippen molar-refractivity contribution in [1.29, 1.82) is 0 Å². The highest BCUT2D eigenvalue weighted by Gasteiger charge is 2.28. The molecular formula is C12H19N3OS. The Balaban J connectivity index is 2.14. The van der Waals surface area contributed by atoms with Crippen LogP contribution < -0.4 is 5.73 Å². The van der Waals surface area contributed by atoms with Crippen molar-refractivity contribution in [2.75, 3.05) is 33.2 Å². The quantitative estimate of drug-likeness (QED) is 0.868. The number of aryl methyl sites for hydroxylation is 1. The van der Waals surface area contributed by atoms with Crippen molar-refractivity contribution < 1.29 is 4.79 Å². The van der Waals surface area contributed by atoms with Crippen molar-refractivity contribution in [2.45, 2.75) is 13.0 Å². The lowest BCUT2D eigenvalue weighted by Crippen LogP contribution is -2.50. The lowest BCUT2D eigenvalue weighted by molar-refractivity contribution is -0.135. The molecule has 1 aliphatic heterocycles. The van der Waals surface area contributed by atoms with Gasteiger partial charge in [-0.05, 0) is 23.9 Å². The van der Waals surface area contributed by atoms with Gasteiger partial charge in [0.2, 0.25) is 5.91 Å². The number of carbonyl (C=O) groups excluding carboxylic acids is 1. The predicted octanol–water partition coefficient (Wildman–Crippen LogP) is 0.830. The molecule has 94 valence electrons. The Morgan fingerprint density at radius 2 is 2.29 bits per heavy atom. The van der Waals surface area contributed by atoms with Crippen molar-refractivity contribution in [2.24, 2.45) is 5.73 Å². The maximum Gasteiger partial charge on any atom is 0.236 e. The number of hydrogen-bond donors (Lipinski definition) is 1. The summed E-state index contributed by atoms with van der Waals surface area (Å²) < 4.78 is 0. The Bertz CT molecular complexity index is 404. The van der Waals surface area contributed by atoms with Crippen molar-refractivity contribution >= 4 is 17.2 Å². The number of piperazine rings is 1. The number of carbonyl (C=O) groups is 1. The Kier molecular flexibility index (Phi) is 3.81.